The second kappa shape index (κ2) is 9.18. The smallest absolute Gasteiger partial charge is 0.257 e. The summed E-state index contributed by atoms with van der Waals surface area (Å²) in [6.45, 7) is 0.733. The molecule has 1 amide bonds. The molecular weight excluding hydrogens is 334 g/mol. The van der Waals surface area contributed by atoms with Crippen molar-refractivity contribution in [3.05, 3.63) is 27.7 Å². The van der Waals surface area contributed by atoms with Crippen molar-refractivity contribution in [1.29, 1.82) is 0 Å². The van der Waals surface area contributed by atoms with Crippen molar-refractivity contribution >= 4 is 33.4 Å². The maximum atomic E-state index is 11.5. The Morgan fingerprint density at radius 3 is 2.84 bits per heavy atom. The van der Waals surface area contributed by atoms with Gasteiger partial charge in [0.15, 0.2) is 6.61 Å². The third-order valence-corrected chi connectivity index (χ3v) is 3.20. The number of halogens is 2. The number of unbranched alkanes of at least 4 members (excludes halogenated alkanes) is 2. The third-order valence-electron chi connectivity index (χ3n) is 2.41. The maximum absolute atomic E-state index is 11.5. The van der Waals surface area contributed by atoms with Crippen molar-refractivity contribution in [3.8, 4) is 5.75 Å². The molecular formula is C13H17BrClNO3. The summed E-state index contributed by atoms with van der Waals surface area (Å²) in [6.07, 6.45) is 2.52. The number of ether oxygens (including phenoxy) is 1. The van der Waals surface area contributed by atoms with Gasteiger partial charge in [-0.3, -0.25) is 4.79 Å². The van der Waals surface area contributed by atoms with Crippen molar-refractivity contribution in [2.75, 3.05) is 19.8 Å². The van der Waals surface area contributed by atoms with Crippen LogP contribution in [0.1, 0.15) is 19.3 Å². The average Bonchev–Trinajstić information content (AvgIpc) is 2.37. The van der Waals surface area contributed by atoms with E-state index in [1.807, 2.05) is 0 Å². The Balaban J connectivity index is 2.22. The Kier molecular flexibility index (Phi) is 7.86. The molecule has 0 aliphatic carbocycles. The molecule has 4 nitrogen and oxygen atoms in total. The van der Waals surface area contributed by atoms with Crippen LogP contribution in [0, 0.1) is 0 Å². The quantitative estimate of drug-likeness (QED) is 0.709. The van der Waals surface area contributed by atoms with E-state index in [9.17, 15) is 4.79 Å². The summed E-state index contributed by atoms with van der Waals surface area (Å²) >= 11 is 9.26. The number of carbonyl (C=O) groups is 1. The lowest BCUT2D eigenvalue weighted by atomic mass is 10.2. The first kappa shape index (κ1) is 16.3. The van der Waals surface area contributed by atoms with Crippen LogP contribution in [-0.2, 0) is 4.79 Å². The SMILES string of the molecule is O=C(COc1ccc(Br)cc1Cl)NCCCCCO. The number of hydrogen-bond acceptors (Lipinski definition) is 3. The number of hydrogen-bond donors (Lipinski definition) is 2. The van der Waals surface area contributed by atoms with Crippen molar-refractivity contribution in [2.45, 2.75) is 19.3 Å². The molecule has 1 aromatic carbocycles. The largest absolute Gasteiger partial charge is 0.482 e. The molecule has 0 aliphatic rings. The molecule has 0 unspecified atom stereocenters. The molecule has 0 radical (unpaired) electrons. The van der Waals surface area contributed by atoms with Crippen LogP contribution in [0.4, 0.5) is 0 Å². The second-order valence-corrected chi connectivity index (χ2v) is 5.32. The lowest BCUT2D eigenvalue weighted by molar-refractivity contribution is -0.123. The van der Waals surface area contributed by atoms with Gasteiger partial charge in [-0.25, -0.2) is 0 Å². The number of rotatable bonds is 8. The van der Waals surface area contributed by atoms with Gasteiger partial charge in [0.1, 0.15) is 5.75 Å². The minimum absolute atomic E-state index is 0.0542. The Morgan fingerprint density at radius 2 is 2.16 bits per heavy atom. The lowest BCUT2D eigenvalue weighted by Crippen LogP contribution is -2.29. The van der Waals surface area contributed by atoms with Crippen LogP contribution in [0.3, 0.4) is 0 Å². The number of aliphatic hydroxyl groups is 1. The molecule has 2 N–H and O–H groups in total. The molecule has 0 bridgehead atoms. The fraction of sp³-hybridized carbons (Fsp3) is 0.462. The lowest BCUT2D eigenvalue weighted by Gasteiger charge is -2.08. The van der Waals surface area contributed by atoms with Gasteiger partial charge < -0.3 is 15.2 Å². The summed E-state index contributed by atoms with van der Waals surface area (Å²) in [7, 11) is 0. The molecule has 0 fully saturated rings. The summed E-state index contributed by atoms with van der Waals surface area (Å²) < 4.78 is 6.19. The summed E-state index contributed by atoms with van der Waals surface area (Å²) in [5, 5.41) is 11.8. The molecule has 0 spiro atoms. The molecule has 6 heteroatoms. The van der Waals surface area contributed by atoms with E-state index in [1.165, 1.54) is 0 Å². The first-order chi connectivity index (χ1) is 9.13. The Labute approximate surface area is 126 Å². The number of benzene rings is 1. The van der Waals surface area contributed by atoms with E-state index < -0.39 is 0 Å². The number of amides is 1. The first-order valence-electron chi connectivity index (χ1n) is 6.09. The van der Waals surface area contributed by atoms with Crippen LogP contribution in [0.25, 0.3) is 0 Å². The molecule has 0 atom stereocenters. The van der Waals surface area contributed by atoms with E-state index in [0.717, 1.165) is 23.7 Å². The highest BCUT2D eigenvalue weighted by Crippen LogP contribution is 2.27. The van der Waals surface area contributed by atoms with Crippen LogP contribution in [0.15, 0.2) is 22.7 Å². The van der Waals surface area contributed by atoms with Crippen LogP contribution in [0.5, 0.6) is 5.75 Å². The zero-order chi connectivity index (χ0) is 14.1. The van der Waals surface area contributed by atoms with Gasteiger partial charge in [0, 0.05) is 17.6 Å². The molecule has 106 valence electrons. The fourth-order valence-corrected chi connectivity index (χ4v) is 2.16. The number of carbonyl (C=O) groups excluding carboxylic acids is 1. The molecule has 0 saturated heterocycles. The molecule has 1 rings (SSSR count). The van der Waals surface area contributed by atoms with E-state index in [0.29, 0.717) is 17.3 Å². The van der Waals surface area contributed by atoms with Gasteiger partial charge in [-0.1, -0.05) is 27.5 Å². The maximum Gasteiger partial charge on any atom is 0.257 e. The number of aliphatic hydroxyl groups excluding tert-OH is 1. The topological polar surface area (TPSA) is 58.6 Å². The van der Waals surface area contributed by atoms with Crippen molar-refractivity contribution in [2.24, 2.45) is 0 Å². The molecule has 19 heavy (non-hydrogen) atoms. The molecule has 0 aromatic heterocycles. The van der Waals surface area contributed by atoms with Crippen LogP contribution in [-0.4, -0.2) is 30.8 Å². The fourth-order valence-electron chi connectivity index (χ4n) is 1.43. The van der Waals surface area contributed by atoms with Crippen molar-refractivity contribution in [1.82, 2.24) is 5.32 Å². The normalized spacial score (nSPS) is 10.3. The molecule has 1 aromatic rings. The van der Waals surface area contributed by atoms with Gasteiger partial charge in [-0.2, -0.15) is 0 Å². The monoisotopic (exact) mass is 349 g/mol. The minimum atomic E-state index is -0.178. The van der Waals surface area contributed by atoms with E-state index in [2.05, 4.69) is 21.2 Å². The van der Waals surface area contributed by atoms with E-state index in [-0.39, 0.29) is 19.1 Å². The van der Waals surface area contributed by atoms with Gasteiger partial charge in [-0.15, -0.1) is 0 Å². The van der Waals surface area contributed by atoms with Gasteiger partial charge in [0.2, 0.25) is 0 Å². The van der Waals surface area contributed by atoms with Gasteiger partial charge in [0.05, 0.1) is 5.02 Å². The molecule has 0 heterocycles. The van der Waals surface area contributed by atoms with Crippen molar-refractivity contribution < 1.29 is 14.6 Å². The highest BCUT2D eigenvalue weighted by molar-refractivity contribution is 9.10. The van der Waals surface area contributed by atoms with Crippen molar-refractivity contribution in [3.63, 3.8) is 0 Å². The Morgan fingerprint density at radius 1 is 1.37 bits per heavy atom. The van der Waals surface area contributed by atoms with E-state index >= 15 is 0 Å². The summed E-state index contributed by atoms with van der Waals surface area (Å²) in [6, 6.07) is 5.22. The van der Waals surface area contributed by atoms with Crippen LogP contribution >= 0.6 is 27.5 Å². The predicted octanol–water partition coefficient (Wildman–Crippen LogP) is 2.76. The van der Waals surface area contributed by atoms with Crippen LogP contribution < -0.4 is 10.1 Å². The minimum Gasteiger partial charge on any atom is -0.482 e. The standard InChI is InChI=1S/C13H17BrClNO3/c14-10-4-5-12(11(15)8-10)19-9-13(18)16-6-2-1-3-7-17/h4-5,8,17H,1-3,6-7,9H2,(H,16,18). The van der Waals surface area contributed by atoms with Gasteiger partial charge >= 0.3 is 0 Å². The molecule has 0 aliphatic heterocycles. The zero-order valence-corrected chi connectivity index (χ0v) is 12.8. The predicted molar refractivity (Wildman–Crippen MR) is 78.6 cm³/mol. The zero-order valence-electron chi connectivity index (χ0n) is 10.5. The summed E-state index contributed by atoms with van der Waals surface area (Å²) in [5.41, 5.74) is 0. The summed E-state index contributed by atoms with van der Waals surface area (Å²) in [4.78, 5) is 11.5. The average molecular weight is 351 g/mol. The van der Waals surface area contributed by atoms with Crippen LogP contribution in [0.2, 0.25) is 5.02 Å². The Hall–Kier alpha value is -0.780. The first-order valence-corrected chi connectivity index (χ1v) is 7.26. The van der Waals surface area contributed by atoms with Gasteiger partial charge in [-0.05, 0) is 37.5 Å². The summed E-state index contributed by atoms with van der Waals surface area (Å²) in [5.74, 6) is 0.309. The van der Waals surface area contributed by atoms with Gasteiger partial charge in [0.25, 0.3) is 5.91 Å². The Bertz CT molecular complexity index is 415. The highest BCUT2D eigenvalue weighted by Gasteiger charge is 2.05. The second-order valence-electron chi connectivity index (χ2n) is 4.00. The van der Waals surface area contributed by atoms with E-state index in [1.54, 1.807) is 18.2 Å². The molecule has 0 saturated carbocycles. The van der Waals surface area contributed by atoms with E-state index in [4.69, 9.17) is 21.4 Å². The third kappa shape index (κ3) is 6.80. The highest BCUT2D eigenvalue weighted by atomic mass is 79.9. The number of nitrogens with one attached hydrogen (secondary N) is 1.